The molecule has 7 nitrogen and oxygen atoms in total. The van der Waals surface area contributed by atoms with Gasteiger partial charge < -0.3 is 20.1 Å². The molecule has 1 aromatic carbocycles. The average molecular weight is 399 g/mol. The molecule has 1 unspecified atom stereocenters. The van der Waals surface area contributed by atoms with Crippen molar-refractivity contribution in [2.45, 2.75) is 25.4 Å². The van der Waals surface area contributed by atoms with Gasteiger partial charge in [0.15, 0.2) is 11.6 Å². The molecular formula is C21H22FN3O4. The molecule has 2 heterocycles. The Hall–Kier alpha value is -3.00. The van der Waals surface area contributed by atoms with Gasteiger partial charge in [-0.25, -0.2) is 4.39 Å². The lowest BCUT2D eigenvalue weighted by molar-refractivity contribution is -0.118. The van der Waals surface area contributed by atoms with Crippen LogP contribution >= 0.6 is 0 Å². The van der Waals surface area contributed by atoms with Crippen LogP contribution in [0.15, 0.2) is 36.5 Å². The lowest BCUT2D eigenvalue weighted by Gasteiger charge is -2.11. The Balaban J connectivity index is 1.38. The van der Waals surface area contributed by atoms with Crippen LogP contribution in [0.2, 0.25) is 0 Å². The summed E-state index contributed by atoms with van der Waals surface area (Å²) in [4.78, 5) is 28.0. The van der Waals surface area contributed by atoms with E-state index in [1.54, 1.807) is 6.07 Å². The number of anilines is 1. The summed E-state index contributed by atoms with van der Waals surface area (Å²) in [6.07, 6.45) is 4.46. The minimum atomic E-state index is -0.618. The Labute approximate surface area is 167 Å². The second-order valence-electron chi connectivity index (χ2n) is 7.25. The summed E-state index contributed by atoms with van der Waals surface area (Å²) >= 11 is 0. The number of hydrogen-bond donors (Lipinski definition) is 2. The van der Waals surface area contributed by atoms with Crippen LogP contribution in [0.1, 0.15) is 29.8 Å². The first-order chi connectivity index (χ1) is 14.0. The van der Waals surface area contributed by atoms with E-state index >= 15 is 0 Å². The molecule has 1 aliphatic carbocycles. The minimum Gasteiger partial charge on any atom is -0.454 e. The third kappa shape index (κ3) is 4.37. The normalized spacial score (nSPS) is 22.8. The standard InChI is InChI=1S/C21H22FN3O4/c1-23-21(27)17-10-13(6-7-24-17)29-19-5-4-12(9-16(19)22)25-20(26)15-11-14(15)18-3-2-8-28-18/h4-7,9-10,14-15,18H,2-3,8,11H2,1H3,(H,23,27)(H,25,26)/t14-,15-,18?/m1/s1. The summed E-state index contributed by atoms with van der Waals surface area (Å²) < 4.78 is 25.6. The molecule has 0 radical (unpaired) electrons. The van der Waals surface area contributed by atoms with Crippen LogP contribution in [0.3, 0.4) is 0 Å². The van der Waals surface area contributed by atoms with E-state index in [-0.39, 0.29) is 46.9 Å². The molecule has 1 saturated heterocycles. The van der Waals surface area contributed by atoms with Crippen LogP contribution in [-0.4, -0.2) is 36.6 Å². The zero-order chi connectivity index (χ0) is 20.4. The van der Waals surface area contributed by atoms with Gasteiger partial charge in [-0.05, 0) is 43.4 Å². The predicted molar refractivity (Wildman–Crippen MR) is 103 cm³/mol. The number of rotatable bonds is 6. The van der Waals surface area contributed by atoms with Crippen molar-refractivity contribution in [3.05, 3.63) is 48.0 Å². The van der Waals surface area contributed by atoms with Crippen molar-refractivity contribution in [1.82, 2.24) is 10.3 Å². The molecule has 1 aromatic heterocycles. The van der Waals surface area contributed by atoms with Crippen LogP contribution in [0.4, 0.5) is 10.1 Å². The zero-order valence-electron chi connectivity index (χ0n) is 16.0. The van der Waals surface area contributed by atoms with Crippen LogP contribution in [0.5, 0.6) is 11.5 Å². The minimum absolute atomic E-state index is 0.0132. The predicted octanol–water partition coefficient (Wildman–Crippen LogP) is 3.13. The van der Waals surface area contributed by atoms with Crippen molar-refractivity contribution >= 4 is 17.5 Å². The van der Waals surface area contributed by atoms with E-state index in [1.165, 1.54) is 37.5 Å². The molecule has 0 bridgehead atoms. The average Bonchev–Trinajstić information content (AvgIpc) is 3.35. The molecule has 2 amide bonds. The molecule has 29 heavy (non-hydrogen) atoms. The number of nitrogens with zero attached hydrogens (tertiary/aromatic N) is 1. The van der Waals surface area contributed by atoms with Gasteiger partial charge in [0.2, 0.25) is 5.91 Å². The molecule has 2 N–H and O–H groups in total. The first-order valence-electron chi connectivity index (χ1n) is 9.63. The van der Waals surface area contributed by atoms with Gasteiger partial charge in [-0.3, -0.25) is 14.6 Å². The number of halogens is 1. The quantitative estimate of drug-likeness (QED) is 0.779. The van der Waals surface area contributed by atoms with E-state index in [0.29, 0.717) is 5.69 Å². The summed E-state index contributed by atoms with van der Waals surface area (Å²) in [5.74, 6) is -0.624. The van der Waals surface area contributed by atoms with Crippen LogP contribution in [0.25, 0.3) is 0 Å². The van der Waals surface area contributed by atoms with Gasteiger partial charge in [0.1, 0.15) is 11.4 Å². The number of carbonyl (C=O) groups excluding carboxylic acids is 2. The van der Waals surface area contributed by atoms with Crippen molar-refractivity contribution in [3.8, 4) is 11.5 Å². The summed E-state index contributed by atoms with van der Waals surface area (Å²) in [5, 5.41) is 5.23. The summed E-state index contributed by atoms with van der Waals surface area (Å²) in [7, 11) is 1.49. The van der Waals surface area contributed by atoms with Crippen LogP contribution < -0.4 is 15.4 Å². The Morgan fingerprint density at radius 3 is 2.86 bits per heavy atom. The van der Waals surface area contributed by atoms with Crippen molar-refractivity contribution in [3.63, 3.8) is 0 Å². The van der Waals surface area contributed by atoms with E-state index in [4.69, 9.17) is 9.47 Å². The second-order valence-corrected chi connectivity index (χ2v) is 7.25. The van der Waals surface area contributed by atoms with Gasteiger partial charge in [-0.1, -0.05) is 0 Å². The fraction of sp³-hybridized carbons (Fsp3) is 0.381. The van der Waals surface area contributed by atoms with E-state index < -0.39 is 5.82 Å². The Bertz CT molecular complexity index is 930. The molecule has 2 aliphatic rings. The summed E-state index contributed by atoms with van der Waals surface area (Å²) in [6, 6.07) is 7.19. The van der Waals surface area contributed by atoms with Gasteiger partial charge in [-0.2, -0.15) is 0 Å². The first kappa shape index (κ1) is 19.3. The smallest absolute Gasteiger partial charge is 0.269 e. The van der Waals surface area contributed by atoms with Gasteiger partial charge in [0.05, 0.1) is 6.10 Å². The Morgan fingerprint density at radius 2 is 2.14 bits per heavy atom. The molecule has 0 spiro atoms. The highest BCUT2D eigenvalue weighted by atomic mass is 19.1. The Kier molecular flexibility index (Phi) is 5.44. The van der Waals surface area contributed by atoms with E-state index in [9.17, 15) is 14.0 Å². The van der Waals surface area contributed by atoms with Crippen LogP contribution in [-0.2, 0) is 9.53 Å². The molecule has 2 aromatic rings. The zero-order valence-corrected chi connectivity index (χ0v) is 16.0. The van der Waals surface area contributed by atoms with E-state index in [0.717, 1.165) is 25.9 Å². The van der Waals surface area contributed by atoms with Crippen molar-refractivity contribution in [2.24, 2.45) is 11.8 Å². The number of pyridine rings is 1. The fourth-order valence-corrected chi connectivity index (χ4v) is 3.62. The monoisotopic (exact) mass is 399 g/mol. The fourth-order valence-electron chi connectivity index (χ4n) is 3.62. The number of hydrogen-bond acceptors (Lipinski definition) is 5. The highest BCUT2D eigenvalue weighted by Gasteiger charge is 2.49. The van der Waals surface area contributed by atoms with Gasteiger partial charge in [0, 0.05) is 43.6 Å². The number of benzene rings is 1. The van der Waals surface area contributed by atoms with Gasteiger partial charge in [0.25, 0.3) is 5.91 Å². The molecule has 152 valence electrons. The lowest BCUT2D eigenvalue weighted by Crippen LogP contribution is -2.19. The number of aromatic nitrogens is 1. The van der Waals surface area contributed by atoms with E-state index in [1.807, 2.05) is 0 Å². The lowest BCUT2D eigenvalue weighted by atomic mass is 10.1. The maximum Gasteiger partial charge on any atom is 0.269 e. The van der Waals surface area contributed by atoms with Crippen LogP contribution in [0, 0.1) is 17.7 Å². The highest BCUT2D eigenvalue weighted by molar-refractivity contribution is 5.94. The number of amides is 2. The second kappa shape index (κ2) is 8.16. The number of carbonyl (C=O) groups is 2. The molecular weight excluding hydrogens is 377 g/mol. The summed E-state index contributed by atoms with van der Waals surface area (Å²) in [6.45, 7) is 0.768. The number of nitrogens with one attached hydrogen (secondary N) is 2. The van der Waals surface area contributed by atoms with Crippen molar-refractivity contribution < 1.29 is 23.5 Å². The summed E-state index contributed by atoms with van der Waals surface area (Å²) in [5.41, 5.74) is 0.540. The molecule has 1 saturated carbocycles. The van der Waals surface area contributed by atoms with Gasteiger partial charge >= 0.3 is 0 Å². The molecule has 4 rings (SSSR count). The topological polar surface area (TPSA) is 89.6 Å². The molecule has 2 fully saturated rings. The SMILES string of the molecule is CNC(=O)c1cc(Oc2ccc(NC(=O)[C@@H]3C[C@H]3C3CCCO3)cc2F)ccn1. The van der Waals surface area contributed by atoms with E-state index in [2.05, 4.69) is 15.6 Å². The molecule has 8 heteroatoms. The van der Waals surface area contributed by atoms with Crippen molar-refractivity contribution in [1.29, 1.82) is 0 Å². The van der Waals surface area contributed by atoms with Gasteiger partial charge in [-0.15, -0.1) is 0 Å². The molecule has 3 atom stereocenters. The highest BCUT2D eigenvalue weighted by Crippen LogP contribution is 2.46. The maximum absolute atomic E-state index is 14.5. The van der Waals surface area contributed by atoms with Crippen molar-refractivity contribution in [2.75, 3.05) is 19.0 Å². The third-order valence-electron chi connectivity index (χ3n) is 5.24. The maximum atomic E-state index is 14.5. The molecule has 1 aliphatic heterocycles. The number of ether oxygens (including phenoxy) is 2. The third-order valence-corrected chi connectivity index (χ3v) is 5.24. The first-order valence-corrected chi connectivity index (χ1v) is 9.63. The largest absolute Gasteiger partial charge is 0.454 e. The Morgan fingerprint density at radius 1 is 1.28 bits per heavy atom.